The van der Waals surface area contributed by atoms with Crippen molar-refractivity contribution in [3.63, 3.8) is 0 Å². The molecule has 1 aromatic rings. The Labute approximate surface area is 98.4 Å². The minimum atomic E-state index is 0.826. The zero-order valence-electron chi connectivity index (χ0n) is 10.5. The van der Waals surface area contributed by atoms with Gasteiger partial charge in [0, 0.05) is 40.0 Å². The van der Waals surface area contributed by atoms with E-state index in [9.17, 15) is 0 Å². The Bertz CT molecular complexity index is 282. The quantitative estimate of drug-likeness (QED) is 0.713. The van der Waals surface area contributed by atoms with Crippen LogP contribution in [0, 0.1) is 0 Å². The summed E-state index contributed by atoms with van der Waals surface area (Å²) in [6.07, 6.45) is 1.06. The molecule has 0 spiro atoms. The number of rotatable bonds is 7. The van der Waals surface area contributed by atoms with Gasteiger partial charge in [-0.05, 0) is 30.7 Å². The first-order valence-corrected chi connectivity index (χ1v) is 5.70. The van der Waals surface area contributed by atoms with E-state index in [-0.39, 0.29) is 0 Å². The molecule has 0 radical (unpaired) electrons. The summed E-state index contributed by atoms with van der Waals surface area (Å²) in [6, 6.07) is 8.62. The van der Waals surface area contributed by atoms with Gasteiger partial charge in [0.05, 0.1) is 0 Å². The maximum absolute atomic E-state index is 4.99. The van der Waals surface area contributed by atoms with Gasteiger partial charge in [0.2, 0.25) is 0 Å². The first kappa shape index (κ1) is 13.0. The van der Waals surface area contributed by atoms with E-state index in [2.05, 4.69) is 48.6 Å². The molecule has 1 rings (SSSR count). The van der Waals surface area contributed by atoms with Crippen molar-refractivity contribution in [1.82, 2.24) is 5.32 Å². The Morgan fingerprint density at radius 2 is 1.88 bits per heavy atom. The Hall–Kier alpha value is -1.06. The largest absolute Gasteiger partial charge is 0.385 e. The van der Waals surface area contributed by atoms with Crippen LogP contribution in [0.1, 0.15) is 12.0 Å². The summed E-state index contributed by atoms with van der Waals surface area (Å²) in [5.41, 5.74) is 2.56. The van der Waals surface area contributed by atoms with Crippen LogP contribution in [0.5, 0.6) is 0 Å². The van der Waals surface area contributed by atoms with Crippen molar-refractivity contribution in [2.75, 3.05) is 39.3 Å². The highest BCUT2D eigenvalue weighted by atomic mass is 16.5. The third kappa shape index (κ3) is 4.64. The molecule has 3 heteroatoms. The fraction of sp³-hybridized carbons (Fsp3) is 0.538. The highest BCUT2D eigenvalue weighted by Crippen LogP contribution is 2.11. The average Bonchev–Trinajstić information content (AvgIpc) is 2.29. The molecule has 0 aliphatic carbocycles. The highest BCUT2D eigenvalue weighted by Gasteiger charge is 1.95. The Kier molecular flexibility index (Phi) is 5.90. The third-order valence-electron chi connectivity index (χ3n) is 2.48. The molecule has 0 aliphatic heterocycles. The smallest absolute Gasteiger partial charge is 0.0474 e. The molecule has 1 N–H and O–H groups in total. The predicted molar refractivity (Wildman–Crippen MR) is 69.0 cm³/mol. The summed E-state index contributed by atoms with van der Waals surface area (Å²) in [5, 5.41) is 3.39. The van der Waals surface area contributed by atoms with Gasteiger partial charge in [0.15, 0.2) is 0 Å². The number of ether oxygens (including phenoxy) is 1. The maximum Gasteiger partial charge on any atom is 0.0474 e. The molecule has 3 nitrogen and oxygen atoms in total. The van der Waals surface area contributed by atoms with Crippen LogP contribution in [0.2, 0.25) is 0 Å². The molecule has 0 fully saturated rings. The second kappa shape index (κ2) is 7.25. The summed E-state index contributed by atoms with van der Waals surface area (Å²) in [7, 11) is 5.84. The first-order valence-electron chi connectivity index (χ1n) is 5.70. The maximum atomic E-state index is 4.99. The molecular weight excluding hydrogens is 200 g/mol. The van der Waals surface area contributed by atoms with Crippen molar-refractivity contribution >= 4 is 5.69 Å². The van der Waals surface area contributed by atoms with Crippen LogP contribution in [0.25, 0.3) is 0 Å². The molecule has 90 valence electrons. The van der Waals surface area contributed by atoms with Crippen LogP contribution in [0.3, 0.4) is 0 Å². The molecule has 0 unspecified atom stereocenters. The van der Waals surface area contributed by atoms with Crippen LogP contribution in [-0.2, 0) is 11.3 Å². The van der Waals surface area contributed by atoms with Gasteiger partial charge >= 0.3 is 0 Å². The topological polar surface area (TPSA) is 24.5 Å². The van der Waals surface area contributed by atoms with Gasteiger partial charge in [0.25, 0.3) is 0 Å². The van der Waals surface area contributed by atoms with Crippen molar-refractivity contribution < 1.29 is 4.74 Å². The van der Waals surface area contributed by atoms with Crippen molar-refractivity contribution in [3.05, 3.63) is 29.8 Å². The molecular formula is C13H22N2O. The second-order valence-electron chi connectivity index (χ2n) is 4.08. The first-order chi connectivity index (χ1) is 7.74. The van der Waals surface area contributed by atoms with Crippen molar-refractivity contribution in [1.29, 1.82) is 0 Å². The van der Waals surface area contributed by atoms with Crippen molar-refractivity contribution in [2.45, 2.75) is 13.0 Å². The molecule has 0 atom stereocenters. The van der Waals surface area contributed by atoms with Gasteiger partial charge in [0.1, 0.15) is 0 Å². The molecule has 0 aliphatic rings. The van der Waals surface area contributed by atoms with Crippen molar-refractivity contribution in [2.24, 2.45) is 0 Å². The van der Waals surface area contributed by atoms with Gasteiger partial charge < -0.3 is 15.0 Å². The van der Waals surface area contributed by atoms with E-state index in [1.807, 2.05) is 0 Å². The van der Waals surface area contributed by atoms with Crippen molar-refractivity contribution in [3.8, 4) is 0 Å². The summed E-state index contributed by atoms with van der Waals surface area (Å²) >= 11 is 0. The summed E-state index contributed by atoms with van der Waals surface area (Å²) in [6.45, 7) is 2.76. The molecule has 1 aromatic carbocycles. The highest BCUT2D eigenvalue weighted by molar-refractivity contribution is 5.45. The normalized spacial score (nSPS) is 10.4. The van der Waals surface area contributed by atoms with Crippen LogP contribution in [0.4, 0.5) is 5.69 Å². The Morgan fingerprint density at radius 3 is 2.44 bits per heavy atom. The molecule has 0 aromatic heterocycles. The minimum absolute atomic E-state index is 0.826. The number of anilines is 1. The second-order valence-corrected chi connectivity index (χ2v) is 4.08. The van der Waals surface area contributed by atoms with E-state index in [0.717, 1.165) is 26.1 Å². The van der Waals surface area contributed by atoms with Crippen LogP contribution >= 0.6 is 0 Å². The van der Waals surface area contributed by atoms with Gasteiger partial charge in [-0.3, -0.25) is 0 Å². The lowest BCUT2D eigenvalue weighted by Gasteiger charge is -2.12. The standard InChI is InChI=1S/C13H22N2O/c1-15(2)13-7-5-12(6-8-13)11-14-9-4-10-16-3/h5-8,14H,4,9-11H2,1-3H3. The lowest BCUT2D eigenvalue weighted by atomic mass is 10.2. The van der Waals surface area contributed by atoms with E-state index in [1.54, 1.807) is 7.11 Å². The summed E-state index contributed by atoms with van der Waals surface area (Å²) < 4.78 is 4.99. The number of hydrogen-bond donors (Lipinski definition) is 1. The monoisotopic (exact) mass is 222 g/mol. The van der Waals surface area contributed by atoms with E-state index in [0.29, 0.717) is 0 Å². The predicted octanol–water partition coefficient (Wildman–Crippen LogP) is 1.88. The lowest BCUT2D eigenvalue weighted by molar-refractivity contribution is 0.194. The van der Waals surface area contributed by atoms with E-state index in [4.69, 9.17) is 4.74 Å². The van der Waals surface area contributed by atoms with Crippen LogP contribution < -0.4 is 10.2 Å². The number of benzene rings is 1. The van der Waals surface area contributed by atoms with Crippen LogP contribution in [0.15, 0.2) is 24.3 Å². The number of nitrogens with zero attached hydrogens (tertiary/aromatic N) is 1. The van der Waals surface area contributed by atoms with E-state index >= 15 is 0 Å². The zero-order valence-corrected chi connectivity index (χ0v) is 10.5. The number of hydrogen-bond acceptors (Lipinski definition) is 3. The summed E-state index contributed by atoms with van der Waals surface area (Å²) in [4.78, 5) is 2.11. The fourth-order valence-corrected chi connectivity index (χ4v) is 1.49. The Morgan fingerprint density at radius 1 is 1.19 bits per heavy atom. The van der Waals surface area contributed by atoms with Gasteiger partial charge in [-0.2, -0.15) is 0 Å². The molecule has 0 saturated carbocycles. The molecule has 0 heterocycles. The van der Waals surface area contributed by atoms with E-state index in [1.165, 1.54) is 11.3 Å². The molecule has 16 heavy (non-hydrogen) atoms. The zero-order chi connectivity index (χ0) is 11.8. The van der Waals surface area contributed by atoms with Crippen LogP contribution in [-0.4, -0.2) is 34.4 Å². The number of methoxy groups -OCH3 is 1. The SMILES string of the molecule is COCCCNCc1ccc(N(C)C)cc1. The lowest BCUT2D eigenvalue weighted by Crippen LogP contribution is -2.16. The molecule has 0 bridgehead atoms. The van der Waals surface area contributed by atoms with Gasteiger partial charge in [-0.25, -0.2) is 0 Å². The third-order valence-corrected chi connectivity index (χ3v) is 2.48. The average molecular weight is 222 g/mol. The summed E-state index contributed by atoms with van der Waals surface area (Å²) in [5.74, 6) is 0. The number of nitrogens with one attached hydrogen (secondary N) is 1. The fourth-order valence-electron chi connectivity index (χ4n) is 1.49. The van der Waals surface area contributed by atoms with Gasteiger partial charge in [-0.1, -0.05) is 12.1 Å². The Balaban J connectivity index is 2.27. The minimum Gasteiger partial charge on any atom is -0.385 e. The molecule has 0 amide bonds. The molecule has 0 saturated heterocycles. The van der Waals surface area contributed by atoms with Gasteiger partial charge in [-0.15, -0.1) is 0 Å². The van der Waals surface area contributed by atoms with E-state index < -0.39 is 0 Å².